The van der Waals surface area contributed by atoms with Crippen LogP contribution in [0.15, 0.2) is 78.9 Å². The monoisotopic (exact) mass is 445 g/mol. The minimum Gasteiger partial charge on any atom is -0.493 e. The zero-order valence-electron chi connectivity index (χ0n) is 19.1. The number of benzene rings is 3. The molecule has 2 amide bonds. The minimum atomic E-state index is -0.204. The van der Waals surface area contributed by atoms with Crippen LogP contribution in [0.3, 0.4) is 0 Å². The van der Waals surface area contributed by atoms with Crippen LogP contribution in [0.2, 0.25) is 0 Å². The molecule has 172 valence electrons. The van der Waals surface area contributed by atoms with Crippen molar-refractivity contribution in [3.8, 4) is 5.75 Å². The van der Waals surface area contributed by atoms with E-state index in [1.165, 1.54) is 5.56 Å². The summed E-state index contributed by atoms with van der Waals surface area (Å²) in [6.45, 7) is 4.64. The highest BCUT2D eigenvalue weighted by Crippen LogP contribution is 2.18. The zero-order valence-corrected chi connectivity index (χ0v) is 19.1. The molecular formula is C27H31N3O3. The molecule has 0 bridgehead atoms. The molecule has 3 rings (SSSR count). The summed E-state index contributed by atoms with van der Waals surface area (Å²) in [6.07, 6.45) is 1.68. The molecule has 0 aliphatic carbocycles. The zero-order chi connectivity index (χ0) is 23.5. The molecule has 3 N–H and O–H groups in total. The molecule has 0 aliphatic rings. The highest BCUT2D eigenvalue weighted by Gasteiger charge is 2.10. The van der Waals surface area contributed by atoms with Gasteiger partial charge in [-0.25, -0.2) is 0 Å². The van der Waals surface area contributed by atoms with Gasteiger partial charge >= 0.3 is 0 Å². The lowest BCUT2D eigenvalue weighted by molar-refractivity contribution is -0.114. The van der Waals surface area contributed by atoms with E-state index in [4.69, 9.17) is 4.74 Å². The van der Waals surface area contributed by atoms with Crippen LogP contribution in [0, 0.1) is 0 Å². The Morgan fingerprint density at radius 3 is 2.45 bits per heavy atom. The van der Waals surface area contributed by atoms with Gasteiger partial charge < -0.3 is 20.7 Å². The van der Waals surface area contributed by atoms with E-state index in [1.807, 2.05) is 56.3 Å². The van der Waals surface area contributed by atoms with Crippen LogP contribution in [0.1, 0.15) is 36.2 Å². The Morgan fingerprint density at radius 2 is 1.67 bits per heavy atom. The van der Waals surface area contributed by atoms with Crippen LogP contribution >= 0.6 is 0 Å². The maximum atomic E-state index is 12.4. The normalized spacial score (nSPS) is 11.3. The van der Waals surface area contributed by atoms with Gasteiger partial charge in [-0.3, -0.25) is 9.59 Å². The average molecular weight is 446 g/mol. The summed E-state index contributed by atoms with van der Waals surface area (Å²) in [6, 6.07) is 24.7. The van der Waals surface area contributed by atoms with E-state index in [2.05, 4.69) is 28.1 Å². The van der Waals surface area contributed by atoms with Gasteiger partial charge in [-0.05, 0) is 49.2 Å². The van der Waals surface area contributed by atoms with Crippen molar-refractivity contribution in [3.05, 3.63) is 90.0 Å². The predicted molar refractivity (Wildman–Crippen MR) is 133 cm³/mol. The van der Waals surface area contributed by atoms with Crippen molar-refractivity contribution < 1.29 is 14.3 Å². The number of anilines is 2. The maximum Gasteiger partial charge on any atom is 0.251 e. The number of hydrogen-bond donors (Lipinski definition) is 3. The quantitative estimate of drug-likeness (QED) is 0.393. The van der Waals surface area contributed by atoms with Crippen LogP contribution in [-0.4, -0.2) is 31.0 Å². The van der Waals surface area contributed by atoms with E-state index >= 15 is 0 Å². The van der Waals surface area contributed by atoms with Crippen LogP contribution in [0.25, 0.3) is 0 Å². The second-order valence-electron chi connectivity index (χ2n) is 7.88. The van der Waals surface area contributed by atoms with Gasteiger partial charge in [0.2, 0.25) is 5.91 Å². The largest absolute Gasteiger partial charge is 0.493 e. The highest BCUT2D eigenvalue weighted by atomic mass is 16.5. The fraction of sp³-hybridized carbons (Fsp3) is 0.259. The van der Waals surface area contributed by atoms with E-state index in [0.29, 0.717) is 17.9 Å². The molecule has 1 unspecified atom stereocenters. The Balaban J connectivity index is 1.47. The summed E-state index contributed by atoms with van der Waals surface area (Å²) in [5.74, 6) is 0.392. The molecule has 0 spiro atoms. The first-order valence-electron chi connectivity index (χ1n) is 11.2. The number of nitrogens with one attached hydrogen (secondary N) is 3. The van der Waals surface area contributed by atoms with Gasteiger partial charge in [-0.15, -0.1) is 0 Å². The van der Waals surface area contributed by atoms with Gasteiger partial charge in [0.15, 0.2) is 0 Å². The predicted octanol–water partition coefficient (Wildman–Crippen LogP) is 4.89. The molecule has 33 heavy (non-hydrogen) atoms. The molecule has 0 fully saturated rings. The Labute approximate surface area is 195 Å². The summed E-state index contributed by atoms with van der Waals surface area (Å²) in [7, 11) is 0. The molecule has 0 saturated carbocycles. The molecule has 0 radical (unpaired) electrons. The van der Waals surface area contributed by atoms with Crippen molar-refractivity contribution >= 4 is 23.2 Å². The Bertz CT molecular complexity index is 1050. The number of amides is 2. The van der Waals surface area contributed by atoms with E-state index in [1.54, 1.807) is 24.3 Å². The van der Waals surface area contributed by atoms with Gasteiger partial charge in [-0.2, -0.15) is 0 Å². The number of ether oxygens (including phenoxy) is 1. The smallest absolute Gasteiger partial charge is 0.251 e. The van der Waals surface area contributed by atoms with Crippen LogP contribution in [0.5, 0.6) is 5.75 Å². The SMILES string of the molecule is CCC(C)NC(=O)c1cccc(NC(=O)CNc2cccc(OCCc3ccccc3)c2)c1. The number of rotatable bonds is 11. The van der Waals surface area contributed by atoms with Crippen molar-refractivity contribution in [2.45, 2.75) is 32.7 Å². The van der Waals surface area contributed by atoms with Crippen molar-refractivity contribution in [2.75, 3.05) is 23.8 Å². The van der Waals surface area contributed by atoms with Crippen molar-refractivity contribution in [3.63, 3.8) is 0 Å². The number of carbonyl (C=O) groups is 2. The van der Waals surface area contributed by atoms with Gasteiger partial charge in [0.05, 0.1) is 13.2 Å². The van der Waals surface area contributed by atoms with Crippen molar-refractivity contribution in [2.24, 2.45) is 0 Å². The fourth-order valence-corrected chi connectivity index (χ4v) is 3.16. The van der Waals surface area contributed by atoms with E-state index in [0.717, 1.165) is 24.3 Å². The van der Waals surface area contributed by atoms with Crippen LogP contribution in [-0.2, 0) is 11.2 Å². The number of carbonyl (C=O) groups excluding carboxylic acids is 2. The molecule has 6 nitrogen and oxygen atoms in total. The molecule has 1 atom stereocenters. The third-order valence-corrected chi connectivity index (χ3v) is 5.19. The third-order valence-electron chi connectivity index (χ3n) is 5.19. The van der Waals surface area contributed by atoms with Gasteiger partial charge in [-0.1, -0.05) is 49.4 Å². The molecular weight excluding hydrogens is 414 g/mol. The Hall–Kier alpha value is -3.80. The lowest BCUT2D eigenvalue weighted by atomic mass is 10.1. The first-order chi connectivity index (χ1) is 16.0. The van der Waals surface area contributed by atoms with Gasteiger partial charge in [0.25, 0.3) is 5.91 Å². The van der Waals surface area contributed by atoms with Gasteiger partial charge in [0, 0.05) is 35.5 Å². The second-order valence-corrected chi connectivity index (χ2v) is 7.88. The summed E-state index contributed by atoms with van der Waals surface area (Å²) in [4.78, 5) is 24.7. The molecule has 0 aliphatic heterocycles. The molecule has 0 aromatic heterocycles. The van der Waals surface area contributed by atoms with E-state index in [9.17, 15) is 9.59 Å². The fourth-order valence-electron chi connectivity index (χ4n) is 3.16. The average Bonchev–Trinajstić information content (AvgIpc) is 2.84. The van der Waals surface area contributed by atoms with Crippen LogP contribution in [0.4, 0.5) is 11.4 Å². The summed E-state index contributed by atoms with van der Waals surface area (Å²) < 4.78 is 5.85. The second kappa shape index (κ2) is 12.3. The van der Waals surface area contributed by atoms with Crippen molar-refractivity contribution in [1.29, 1.82) is 0 Å². The van der Waals surface area contributed by atoms with Gasteiger partial charge in [0.1, 0.15) is 5.75 Å². The lowest BCUT2D eigenvalue weighted by Crippen LogP contribution is -2.32. The first kappa shape index (κ1) is 23.9. The standard InChI is InChI=1S/C27H31N3O3/c1-3-20(2)29-27(32)22-11-7-13-24(17-22)30-26(31)19-28-23-12-8-14-25(18-23)33-16-15-21-9-5-4-6-10-21/h4-14,17-18,20,28H,3,15-16,19H2,1-2H3,(H,29,32)(H,30,31). The topological polar surface area (TPSA) is 79.5 Å². The maximum absolute atomic E-state index is 12.4. The third kappa shape index (κ3) is 8.00. The van der Waals surface area contributed by atoms with Crippen molar-refractivity contribution in [1.82, 2.24) is 5.32 Å². The summed E-state index contributed by atoms with van der Waals surface area (Å²) in [5.41, 5.74) is 3.12. The molecule has 3 aromatic carbocycles. The number of hydrogen-bond acceptors (Lipinski definition) is 4. The Kier molecular flexibility index (Phi) is 8.88. The molecule has 0 heterocycles. The molecule has 0 saturated heterocycles. The van der Waals surface area contributed by atoms with Crippen LogP contribution < -0.4 is 20.7 Å². The minimum absolute atomic E-state index is 0.0940. The lowest BCUT2D eigenvalue weighted by Gasteiger charge is -2.13. The molecule has 3 aromatic rings. The highest BCUT2D eigenvalue weighted by molar-refractivity contribution is 5.98. The van der Waals surface area contributed by atoms with E-state index in [-0.39, 0.29) is 24.4 Å². The first-order valence-corrected chi connectivity index (χ1v) is 11.2. The summed E-state index contributed by atoms with van der Waals surface area (Å²) >= 11 is 0. The Morgan fingerprint density at radius 1 is 0.909 bits per heavy atom. The van der Waals surface area contributed by atoms with E-state index < -0.39 is 0 Å². The molecule has 6 heteroatoms. The summed E-state index contributed by atoms with van der Waals surface area (Å²) in [5, 5.41) is 8.87.